The molecular formula is C20H20F3NO2Si. The molecule has 0 radical (unpaired) electrons. The molecule has 0 saturated carbocycles. The Morgan fingerprint density at radius 2 is 1.78 bits per heavy atom. The Balaban J connectivity index is 2.11. The lowest BCUT2D eigenvalue weighted by molar-refractivity contribution is -0.137. The number of alkyl halides is 3. The molecule has 142 valence electrons. The molecule has 7 heteroatoms. The zero-order valence-electron chi connectivity index (χ0n) is 15.3. The van der Waals surface area contributed by atoms with Crippen LogP contribution in [0.4, 0.5) is 13.2 Å². The molecule has 3 nitrogen and oxygen atoms in total. The summed E-state index contributed by atoms with van der Waals surface area (Å²) in [4.78, 5) is 11.7. The lowest BCUT2D eigenvalue weighted by Gasteiger charge is -2.17. The number of carboxylic acid groups (broad SMARTS) is 1. The second-order valence-electron chi connectivity index (χ2n) is 7.64. The van der Waals surface area contributed by atoms with Gasteiger partial charge in [0.05, 0.1) is 13.6 Å². The van der Waals surface area contributed by atoms with E-state index in [2.05, 4.69) is 19.6 Å². The van der Waals surface area contributed by atoms with Crippen LogP contribution in [0, 0.1) is 0 Å². The minimum atomic E-state index is -4.43. The van der Waals surface area contributed by atoms with Crippen molar-refractivity contribution in [1.82, 2.24) is 4.57 Å². The SMILES string of the molecule is C[Si](C)(C)c1ccc2c(c1)cc(C(=O)O)n2Cc1cccc(C(F)(F)F)c1. The molecule has 3 aromatic rings. The molecule has 0 saturated heterocycles. The summed E-state index contributed by atoms with van der Waals surface area (Å²) < 4.78 is 40.5. The van der Waals surface area contributed by atoms with Crippen LogP contribution in [0.2, 0.25) is 19.6 Å². The third-order valence-electron chi connectivity index (χ3n) is 4.58. The number of hydrogen-bond acceptors (Lipinski definition) is 1. The van der Waals surface area contributed by atoms with Crippen molar-refractivity contribution in [1.29, 1.82) is 0 Å². The van der Waals surface area contributed by atoms with Crippen LogP contribution in [-0.2, 0) is 12.7 Å². The van der Waals surface area contributed by atoms with Gasteiger partial charge in [-0.05, 0) is 29.8 Å². The molecule has 0 fully saturated rings. The molecule has 1 aromatic heterocycles. The number of fused-ring (bicyclic) bond motifs is 1. The first-order valence-corrected chi connectivity index (χ1v) is 12.0. The summed E-state index contributed by atoms with van der Waals surface area (Å²) in [5.74, 6) is -1.10. The molecule has 0 aliphatic rings. The van der Waals surface area contributed by atoms with Gasteiger partial charge in [0.15, 0.2) is 0 Å². The van der Waals surface area contributed by atoms with Crippen LogP contribution in [0.15, 0.2) is 48.5 Å². The van der Waals surface area contributed by atoms with Crippen LogP contribution in [0.3, 0.4) is 0 Å². The monoisotopic (exact) mass is 391 g/mol. The molecule has 2 aromatic carbocycles. The number of benzene rings is 2. The minimum Gasteiger partial charge on any atom is -0.477 e. The average Bonchev–Trinajstić information content (AvgIpc) is 2.92. The molecule has 27 heavy (non-hydrogen) atoms. The van der Waals surface area contributed by atoms with Crippen molar-refractivity contribution in [3.05, 3.63) is 65.4 Å². The van der Waals surface area contributed by atoms with Gasteiger partial charge in [-0.25, -0.2) is 4.79 Å². The molecule has 3 rings (SSSR count). The van der Waals surface area contributed by atoms with E-state index in [-0.39, 0.29) is 12.2 Å². The first-order chi connectivity index (χ1) is 12.5. The lowest BCUT2D eigenvalue weighted by atomic mass is 10.1. The maximum Gasteiger partial charge on any atom is 0.416 e. The van der Waals surface area contributed by atoms with Crippen molar-refractivity contribution < 1.29 is 23.1 Å². The summed E-state index contributed by atoms with van der Waals surface area (Å²) in [5, 5.41) is 11.6. The Kier molecular flexibility index (Phi) is 4.67. The largest absolute Gasteiger partial charge is 0.477 e. The molecule has 1 heterocycles. The smallest absolute Gasteiger partial charge is 0.416 e. The van der Waals surface area contributed by atoms with Gasteiger partial charge in [0.1, 0.15) is 5.69 Å². The van der Waals surface area contributed by atoms with Gasteiger partial charge in [-0.15, -0.1) is 0 Å². The molecule has 0 atom stereocenters. The number of aromatic carboxylic acids is 1. The standard InChI is InChI=1S/C20H20F3NO2Si/c1-27(2,3)16-7-8-17-14(10-16)11-18(19(25)26)24(17)12-13-5-4-6-15(9-13)20(21,22)23/h4-11H,12H2,1-3H3,(H,25,26). The van der Waals surface area contributed by atoms with E-state index in [0.717, 1.165) is 17.5 Å². The Hall–Kier alpha value is -2.54. The van der Waals surface area contributed by atoms with Crippen LogP contribution >= 0.6 is 0 Å². The molecule has 1 N–H and O–H groups in total. The van der Waals surface area contributed by atoms with E-state index in [1.165, 1.54) is 11.3 Å². The van der Waals surface area contributed by atoms with Gasteiger partial charge in [-0.1, -0.05) is 49.1 Å². The first kappa shape index (κ1) is 19.2. The third-order valence-corrected chi connectivity index (χ3v) is 6.62. The van der Waals surface area contributed by atoms with E-state index in [9.17, 15) is 23.1 Å². The van der Waals surface area contributed by atoms with Gasteiger partial charge in [0.2, 0.25) is 0 Å². The zero-order chi connectivity index (χ0) is 20.0. The Morgan fingerprint density at radius 1 is 1.07 bits per heavy atom. The summed E-state index contributed by atoms with van der Waals surface area (Å²) in [5.41, 5.74) is 0.426. The van der Waals surface area contributed by atoms with Crippen molar-refractivity contribution in [3.8, 4) is 0 Å². The average molecular weight is 391 g/mol. The normalized spacial score (nSPS) is 12.5. The van der Waals surface area contributed by atoms with Crippen molar-refractivity contribution in [2.24, 2.45) is 0 Å². The van der Waals surface area contributed by atoms with Gasteiger partial charge >= 0.3 is 12.1 Å². The number of carbonyl (C=O) groups is 1. The van der Waals surface area contributed by atoms with Crippen LogP contribution in [0.25, 0.3) is 10.9 Å². The molecule has 0 unspecified atom stereocenters. The summed E-state index contributed by atoms with van der Waals surface area (Å²) in [6.45, 7) is 6.66. The number of carboxylic acids is 1. The van der Waals surface area contributed by atoms with Crippen molar-refractivity contribution in [2.75, 3.05) is 0 Å². The Morgan fingerprint density at radius 3 is 2.37 bits per heavy atom. The third kappa shape index (κ3) is 3.92. The predicted molar refractivity (Wildman–Crippen MR) is 102 cm³/mol. The highest BCUT2D eigenvalue weighted by atomic mass is 28.3. The fraction of sp³-hybridized carbons (Fsp3) is 0.250. The van der Waals surface area contributed by atoms with Crippen LogP contribution in [0.5, 0.6) is 0 Å². The van der Waals surface area contributed by atoms with E-state index < -0.39 is 25.8 Å². The van der Waals surface area contributed by atoms with Crippen molar-refractivity contribution in [3.63, 3.8) is 0 Å². The molecule has 0 bridgehead atoms. The number of halogens is 3. The van der Waals surface area contributed by atoms with Crippen molar-refractivity contribution in [2.45, 2.75) is 32.4 Å². The van der Waals surface area contributed by atoms with E-state index in [1.807, 2.05) is 18.2 Å². The Bertz CT molecular complexity index is 1020. The fourth-order valence-electron chi connectivity index (χ4n) is 3.11. The van der Waals surface area contributed by atoms with Gasteiger partial charge in [-0.2, -0.15) is 13.2 Å². The van der Waals surface area contributed by atoms with Crippen LogP contribution < -0.4 is 5.19 Å². The lowest BCUT2D eigenvalue weighted by Crippen LogP contribution is -2.37. The maximum absolute atomic E-state index is 13.0. The topological polar surface area (TPSA) is 42.2 Å². The fourth-order valence-corrected chi connectivity index (χ4v) is 4.29. The minimum absolute atomic E-state index is 0.0569. The molecule has 0 amide bonds. The molecule has 0 aliphatic heterocycles. The summed E-state index contributed by atoms with van der Waals surface area (Å²) in [6.07, 6.45) is -4.43. The van der Waals surface area contributed by atoms with E-state index in [0.29, 0.717) is 11.1 Å². The molecule has 0 spiro atoms. The summed E-state index contributed by atoms with van der Waals surface area (Å²) in [7, 11) is -1.57. The molecule has 0 aliphatic carbocycles. The number of hydrogen-bond donors (Lipinski definition) is 1. The van der Waals surface area contributed by atoms with E-state index in [1.54, 1.807) is 16.7 Å². The first-order valence-electron chi connectivity index (χ1n) is 8.50. The second kappa shape index (κ2) is 6.56. The quantitative estimate of drug-likeness (QED) is 0.640. The molecular weight excluding hydrogens is 371 g/mol. The van der Waals surface area contributed by atoms with Gasteiger partial charge in [-0.3, -0.25) is 0 Å². The van der Waals surface area contributed by atoms with Crippen LogP contribution in [-0.4, -0.2) is 23.7 Å². The zero-order valence-corrected chi connectivity index (χ0v) is 16.3. The van der Waals surface area contributed by atoms with Gasteiger partial charge < -0.3 is 9.67 Å². The Labute approximate surface area is 156 Å². The predicted octanol–water partition coefficient (Wildman–Crippen LogP) is 4.95. The van der Waals surface area contributed by atoms with E-state index in [4.69, 9.17) is 0 Å². The summed E-state index contributed by atoms with van der Waals surface area (Å²) in [6, 6.07) is 12.4. The van der Waals surface area contributed by atoms with E-state index >= 15 is 0 Å². The highest BCUT2D eigenvalue weighted by Crippen LogP contribution is 2.30. The highest BCUT2D eigenvalue weighted by Gasteiger charge is 2.30. The van der Waals surface area contributed by atoms with Gasteiger partial charge in [0, 0.05) is 17.4 Å². The number of aromatic nitrogens is 1. The highest BCUT2D eigenvalue weighted by molar-refractivity contribution is 6.88. The number of rotatable bonds is 4. The second-order valence-corrected chi connectivity index (χ2v) is 12.7. The number of nitrogens with zero attached hydrogens (tertiary/aromatic N) is 1. The maximum atomic E-state index is 13.0. The van der Waals surface area contributed by atoms with Crippen LogP contribution in [0.1, 0.15) is 21.6 Å². The van der Waals surface area contributed by atoms with Gasteiger partial charge in [0.25, 0.3) is 0 Å². The summed E-state index contributed by atoms with van der Waals surface area (Å²) >= 11 is 0. The van der Waals surface area contributed by atoms with Crippen molar-refractivity contribution >= 4 is 30.1 Å².